The van der Waals surface area contributed by atoms with Gasteiger partial charge in [-0.25, -0.2) is 0 Å². The summed E-state index contributed by atoms with van der Waals surface area (Å²) in [5.74, 6) is 0. The van der Waals surface area contributed by atoms with Crippen molar-refractivity contribution in [1.29, 1.82) is 0 Å². The Balaban J connectivity index is 1.84. The van der Waals surface area contributed by atoms with Crippen molar-refractivity contribution in [3.05, 3.63) is 29.8 Å². The van der Waals surface area contributed by atoms with Gasteiger partial charge in [0.05, 0.1) is 6.61 Å². The second-order valence-corrected chi connectivity index (χ2v) is 6.62. The van der Waals surface area contributed by atoms with Crippen LogP contribution in [0.5, 0.6) is 0 Å². The maximum absolute atomic E-state index is 9.11. The number of rotatable bonds is 6. The number of ether oxygens (including phenoxy) is 1. The minimum absolute atomic E-state index is 0.0831. The molecule has 0 radical (unpaired) electrons. The molecule has 0 spiro atoms. The molecule has 0 amide bonds. The molecule has 2 rings (SSSR count). The van der Waals surface area contributed by atoms with Crippen molar-refractivity contribution in [3.8, 4) is 0 Å². The van der Waals surface area contributed by atoms with Crippen LogP contribution in [0.4, 0.5) is 0 Å². The van der Waals surface area contributed by atoms with Gasteiger partial charge in [-0.1, -0.05) is 24.3 Å². The lowest BCUT2D eigenvalue weighted by Gasteiger charge is -2.43. The summed E-state index contributed by atoms with van der Waals surface area (Å²) in [6, 6.07) is 7.49. The molecule has 0 unspecified atom stereocenters. The molecule has 1 aliphatic heterocycles. The first kappa shape index (κ1) is 17.4. The van der Waals surface area contributed by atoms with Crippen molar-refractivity contribution in [2.75, 3.05) is 39.9 Å². The van der Waals surface area contributed by atoms with Gasteiger partial charge in [0.1, 0.15) is 0 Å². The number of piperazine rings is 1. The first-order valence-electron chi connectivity index (χ1n) is 7.84. The minimum Gasteiger partial charge on any atom is -0.423 e. The molecule has 1 saturated heterocycles. The largest absolute Gasteiger partial charge is 0.488 e. The third-order valence-electron chi connectivity index (χ3n) is 4.41. The Morgan fingerprint density at radius 2 is 1.68 bits per heavy atom. The quantitative estimate of drug-likeness (QED) is 0.720. The van der Waals surface area contributed by atoms with Gasteiger partial charge < -0.3 is 14.8 Å². The Morgan fingerprint density at radius 1 is 1.09 bits per heavy atom. The lowest BCUT2D eigenvalue weighted by atomic mass is 9.80. The Morgan fingerprint density at radius 3 is 2.18 bits per heavy atom. The van der Waals surface area contributed by atoms with E-state index in [1.807, 2.05) is 12.1 Å². The molecule has 1 aliphatic rings. The summed E-state index contributed by atoms with van der Waals surface area (Å²) in [6.07, 6.45) is 0. The van der Waals surface area contributed by atoms with Crippen molar-refractivity contribution < 1.29 is 14.8 Å². The minimum atomic E-state index is -1.39. The van der Waals surface area contributed by atoms with Crippen molar-refractivity contribution in [1.82, 2.24) is 9.80 Å². The maximum atomic E-state index is 9.11. The molecule has 0 atom stereocenters. The highest BCUT2D eigenvalue weighted by atomic mass is 16.5. The second kappa shape index (κ2) is 7.57. The third-order valence-corrected chi connectivity index (χ3v) is 4.41. The van der Waals surface area contributed by atoms with Crippen LogP contribution in [0.3, 0.4) is 0 Å². The van der Waals surface area contributed by atoms with Crippen LogP contribution in [0.2, 0.25) is 0 Å². The van der Waals surface area contributed by atoms with Gasteiger partial charge in [-0.3, -0.25) is 9.80 Å². The number of methoxy groups -OCH3 is 1. The van der Waals surface area contributed by atoms with Crippen LogP contribution in [0.15, 0.2) is 24.3 Å². The maximum Gasteiger partial charge on any atom is 0.488 e. The SMILES string of the molecule is COCC(C)(C)N1CCN(Cc2ccc(B(O)O)cc2)CC1. The molecule has 6 heteroatoms. The zero-order valence-electron chi connectivity index (χ0n) is 13.8. The predicted octanol–water partition coefficient (Wildman–Crippen LogP) is -0.0910. The van der Waals surface area contributed by atoms with Crippen LogP contribution in [0.25, 0.3) is 0 Å². The van der Waals surface area contributed by atoms with Gasteiger partial charge in [-0.15, -0.1) is 0 Å². The molecular formula is C16H27BN2O3. The Bertz CT molecular complexity index is 457. The zero-order chi connectivity index (χ0) is 16.2. The third kappa shape index (κ3) is 4.54. The zero-order valence-corrected chi connectivity index (χ0v) is 13.8. The highest BCUT2D eigenvalue weighted by molar-refractivity contribution is 6.58. The van der Waals surface area contributed by atoms with E-state index < -0.39 is 7.12 Å². The first-order chi connectivity index (χ1) is 10.4. The average molecular weight is 306 g/mol. The predicted molar refractivity (Wildman–Crippen MR) is 89.1 cm³/mol. The van der Waals surface area contributed by atoms with Crippen molar-refractivity contribution >= 4 is 12.6 Å². The molecule has 1 fully saturated rings. The first-order valence-corrected chi connectivity index (χ1v) is 7.84. The van der Waals surface area contributed by atoms with Crippen LogP contribution >= 0.6 is 0 Å². The summed E-state index contributed by atoms with van der Waals surface area (Å²) in [5.41, 5.74) is 1.82. The van der Waals surface area contributed by atoms with E-state index in [0.29, 0.717) is 5.46 Å². The standard InChI is InChI=1S/C16H27BN2O3/c1-16(2,13-22-3)19-10-8-18(9-11-19)12-14-4-6-15(7-5-14)17(20)21/h4-7,20-21H,8-13H2,1-3H3. The molecule has 2 N–H and O–H groups in total. The highest BCUT2D eigenvalue weighted by Gasteiger charge is 2.29. The molecule has 1 heterocycles. The van der Waals surface area contributed by atoms with Gasteiger partial charge in [0.2, 0.25) is 0 Å². The van der Waals surface area contributed by atoms with E-state index in [4.69, 9.17) is 14.8 Å². The van der Waals surface area contributed by atoms with Crippen molar-refractivity contribution in [2.45, 2.75) is 25.9 Å². The summed E-state index contributed by atoms with van der Waals surface area (Å²) in [5, 5.41) is 18.2. The number of hydrogen-bond donors (Lipinski definition) is 2. The summed E-state index contributed by atoms with van der Waals surface area (Å²) in [4.78, 5) is 4.92. The van der Waals surface area contributed by atoms with Crippen molar-refractivity contribution in [3.63, 3.8) is 0 Å². The van der Waals surface area contributed by atoms with E-state index in [2.05, 4.69) is 23.6 Å². The van der Waals surface area contributed by atoms with Gasteiger partial charge in [0.25, 0.3) is 0 Å². The van der Waals surface area contributed by atoms with Gasteiger partial charge in [0, 0.05) is 45.4 Å². The lowest BCUT2D eigenvalue weighted by Crippen LogP contribution is -2.56. The average Bonchev–Trinajstić information content (AvgIpc) is 2.48. The van der Waals surface area contributed by atoms with Gasteiger partial charge in [-0.05, 0) is 24.9 Å². The van der Waals surface area contributed by atoms with Crippen LogP contribution in [0.1, 0.15) is 19.4 Å². The van der Waals surface area contributed by atoms with Crippen LogP contribution in [-0.4, -0.2) is 72.4 Å². The number of hydrogen-bond acceptors (Lipinski definition) is 5. The molecule has 22 heavy (non-hydrogen) atoms. The van der Waals surface area contributed by atoms with E-state index in [0.717, 1.165) is 39.3 Å². The van der Waals surface area contributed by atoms with E-state index in [9.17, 15) is 0 Å². The van der Waals surface area contributed by atoms with Crippen LogP contribution in [0, 0.1) is 0 Å². The summed E-state index contributed by atoms with van der Waals surface area (Å²) in [6.45, 7) is 10.3. The molecule has 1 aromatic rings. The molecule has 0 aliphatic carbocycles. The molecule has 5 nitrogen and oxygen atoms in total. The van der Waals surface area contributed by atoms with E-state index in [1.165, 1.54) is 5.56 Å². The molecular weight excluding hydrogens is 279 g/mol. The summed E-state index contributed by atoms with van der Waals surface area (Å²) in [7, 11) is 0.367. The Hall–Kier alpha value is -0.915. The van der Waals surface area contributed by atoms with E-state index in [-0.39, 0.29) is 5.54 Å². The summed E-state index contributed by atoms with van der Waals surface area (Å²) >= 11 is 0. The van der Waals surface area contributed by atoms with Gasteiger partial charge >= 0.3 is 7.12 Å². The normalized spacial score (nSPS) is 17.7. The fraction of sp³-hybridized carbons (Fsp3) is 0.625. The topological polar surface area (TPSA) is 56.2 Å². The number of benzene rings is 1. The lowest BCUT2D eigenvalue weighted by molar-refractivity contribution is 0.000753. The second-order valence-electron chi connectivity index (χ2n) is 6.62. The smallest absolute Gasteiger partial charge is 0.423 e. The van der Waals surface area contributed by atoms with Gasteiger partial charge in [-0.2, -0.15) is 0 Å². The van der Waals surface area contributed by atoms with Gasteiger partial charge in [0.15, 0.2) is 0 Å². The highest BCUT2D eigenvalue weighted by Crippen LogP contribution is 2.18. The molecule has 0 saturated carbocycles. The number of nitrogens with zero attached hydrogens (tertiary/aromatic N) is 2. The molecule has 1 aromatic carbocycles. The van der Waals surface area contributed by atoms with Crippen LogP contribution < -0.4 is 5.46 Å². The molecule has 0 aromatic heterocycles. The van der Waals surface area contributed by atoms with E-state index in [1.54, 1.807) is 19.2 Å². The fourth-order valence-electron chi connectivity index (χ4n) is 3.01. The van der Waals surface area contributed by atoms with Crippen molar-refractivity contribution in [2.24, 2.45) is 0 Å². The fourth-order valence-corrected chi connectivity index (χ4v) is 3.01. The summed E-state index contributed by atoms with van der Waals surface area (Å²) < 4.78 is 5.32. The van der Waals surface area contributed by atoms with Crippen LogP contribution in [-0.2, 0) is 11.3 Å². The Labute approximate surface area is 133 Å². The Kier molecular flexibility index (Phi) is 6.00. The monoisotopic (exact) mass is 306 g/mol. The van der Waals surface area contributed by atoms with E-state index >= 15 is 0 Å². The molecule has 0 bridgehead atoms. The molecule has 122 valence electrons.